The molecule has 18 heavy (non-hydrogen) atoms. The van der Waals surface area contributed by atoms with Crippen LogP contribution in [0.1, 0.15) is 21.5 Å². The molecule has 0 aliphatic carbocycles. The minimum atomic E-state index is 0.0606. The Labute approximate surface area is 115 Å². The van der Waals surface area contributed by atoms with Gasteiger partial charge in [-0.05, 0) is 5.56 Å². The summed E-state index contributed by atoms with van der Waals surface area (Å²) in [5.41, 5.74) is 2.41. The molecule has 0 amide bonds. The maximum absolute atomic E-state index is 12.4. The topological polar surface area (TPSA) is 17.1 Å². The van der Waals surface area contributed by atoms with Gasteiger partial charge in [0, 0.05) is 16.5 Å². The van der Waals surface area contributed by atoms with Gasteiger partial charge in [-0.3, -0.25) is 4.79 Å². The Morgan fingerprint density at radius 2 is 1.67 bits per heavy atom. The fourth-order valence-electron chi connectivity index (χ4n) is 1.77. The third-order valence-corrected chi connectivity index (χ3v) is 3.00. The van der Waals surface area contributed by atoms with Gasteiger partial charge in [-0.2, -0.15) is 0 Å². The second kappa shape index (κ2) is 6.31. The molecule has 1 nitrogen and oxygen atoms in total. The molecule has 90 valence electrons. The highest BCUT2D eigenvalue weighted by atomic mass is 79.9. The van der Waals surface area contributed by atoms with Crippen molar-refractivity contribution in [1.82, 2.24) is 0 Å². The Morgan fingerprint density at radius 3 is 2.39 bits per heavy atom. The van der Waals surface area contributed by atoms with Crippen LogP contribution in [-0.4, -0.2) is 11.1 Å². The van der Waals surface area contributed by atoms with Gasteiger partial charge in [-0.1, -0.05) is 82.7 Å². The lowest BCUT2D eigenvalue weighted by Crippen LogP contribution is -2.03. The number of hydrogen-bond donors (Lipinski definition) is 0. The predicted molar refractivity (Wildman–Crippen MR) is 79.1 cm³/mol. The van der Waals surface area contributed by atoms with Gasteiger partial charge >= 0.3 is 0 Å². The van der Waals surface area contributed by atoms with Crippen LogP contribution < -0.4 is 0 Å². The average Bonchev–Trinajstić information content (AvgIpc) is 2.45. The van der Waals surface area contributed by atoms with Crippen LogP contribution >= 0.6 is 15.9 Å². The van der Waals surface area contributed by atoms with Crippen molar-refractivity contribution >= 4 is 27.8 Å². The van der Waals surface area contributed by atoms with Crippen LogP contribution in [0.2, 0.25) is 0 Å². The SMILES string of the molecule is O=C(c1ccccc1)c1ccccc1C=CCBr. The number of alkyl halides is 1. The summed E-state index contributed by atoms with van der Waals surface area (Å²) in [7, 11) is 0. The number of carbonyl (C=O) groups is 1. The van der Waals surface area contributed by atoms with Gasteiger partial charge in [0.25, 0.3) is 0 Å². The van der Waals surface area contributed by atoms with Crippen LogP contribution in [0.3, 0.4) is 0 Å². The quantitative estimate of drug-likeness (QED) is 0.607. The van der Waals surface area contributed by atoms with E-state index < -0.39 is 0 Å². The number of ketones is 1. The molecule has 0 aromatic heterocycles. The molecule has 0 aliphatic rings. The summed E-state index contributed by atoms with van der Waals surface area (Å²) in [6, 6.07) is 17.0. The van der Waals surface area contributed by atoms with Gasteiger partial charge in [-0.25, -0.2) is 0 Å². The first-order valence-electron chi connectivity index (χ1n) is 5.74. The van der Waals surface area contributed by atoms with E-state index in [1.165, 1.54) is 0 Å². The first kappa shape index (κ1) is 12.8. The predicted octanol–water partition coefficient (Wildman–Crippen LogP) is 4.33. The van der Waals surface area contributed by atoms with E-state index in [4.69, 9.17) is 0 Å². The van der Waals surface area contributed by atoms with Crippen LogP contribution in [0.5, 0.6) is 0 Å². The third kappa shape index (κ3) is 2.96. The lowest BCUT2D eigenvalue weighted by atomic mass is 9.98. The number of carbonyl (C=O) groups excluding carboxylic acids is 1. The zero-order valence-corrected chi connectivity index (χ0v) is 11.4. The highest BCUT2D eigenvalue weighted by Gasteiger charge is 2.10. The zero-order valence-electron chi connectivity index (χ0n) is 9.84. The molecule has 0 saturated heterocycles. The van der Waals surface area contributed by atoms with Crippen molar-refractivity contribution in [2.45, 2.75) is 0 Å². The fraction of sp³-hybridized carbons (Fsp3) is 0.0625. The summed E-state index contributed by atoms with van der Waals surface area (Å²) in [4.78, 5) is 12.4. The van der Waals surface area contributed by atoms with Crippen molar-refractivity contribution in [2.24, 2.45) is 0 Å². The van der Waals surface area contributed by atoms with Crippen molar-refractivity contribution in [3.63, 3.8) is 0 Å². The molecule has 0 unspecified atom stereocenters. The fourth-order valence-corrected chi connectivity index (χ4v) is 1.95. The largest absolute Gasteiger partial charge is 0.289 e. The molecule has 2 aromatic carbocycles. The van der Waals surface area contributed by atoms with Crippen molar-refractivity contribution in [2.75, 3.05) is 5.33 Å². The first-order valence-corrected chi connectivity index (χ1v) is 6.86. The standard InChI is InChI=1S/C16H13BrO/c17-12-6-10-13-7-4-5-11-15(13)16(18)14-8-2-1-3-9-14/h1-11H,12H2. The number of hydrogen-bond acceptors (Lipinski definition) is 1. The molecule has 0 saturated carbocycles. The summed E-state index contributed by atoms with van der Waals surface area (Å²) in [6.45, 7) is 0. The third-order valence-electron chi connectivity index (χ3n) is 2.63. The highest BCUT2D eigenvalue weighted by Crippen LogP contribution is 2.16. The minimum Gasteiger partial charge on any atom is -0.289 e. The van der Waals surface area contributed by atoms with Crippen LogP contribution in [0.4, 0.5) is 0 Å². The summed E-state index contributed by atoms with van der Waals surface area (Å²) in [6.07, 6.45) is 3.95. The van der Waals surface area contributed by atoms with Crippen molar-refractivity contribution in [1.29, 1.82) is 0 Å². The molecule has 0 atom stereocenters. The van der Waals surface area contributed by atoms with E-state index in [1.807, 2.05) is 66.7 Å². The lowest BCUT2D eigenvalue weighted by molar-refractivity contribution is 0.103. The highest BCUT2D eigenvalue weighted by molar-refractivity contribution is 9.09. The molecule has 0 spiro atoms. The summed E-state index contributed by atoms with van der Waals surface area (Å²) < 4.78 is 0. The van der Waals surface area contributed by atoms with Gasteiger partial charge in [0.05, 0.1) is 0 Å². The van der Waals surface area contributed by atoms with Crippen molar-refractivity contribution in [3.8, 4) is 0 Å². The van der Waals surface area contributed by atoms with Gasteiger partial charge in [0.15, 0.2) is 5.78 Å². The van der Waals surface area contributed by atoms with Crippen LogP contribution in [0.15, 0.2) is 60.7 Å². The summed E-state index contributed by atoms with van der Waals surface area (Å²) in [5, 5.41) is 0.779. The van der Waals surface area contributed by atoms with Crippen molar-refractivity contribution in [3.05, 3.63) is 77.4 Å². The van der Waals surface area contributed by atoms with E-state index in [2.05, 4.69) is 15.9 Å². The molecular weight excluding hydrogens is 288 g/mol. The Balaban J connectivity index is 2.39. The van der Waals surface area contributed by atoms with Crippen LogP contribution in [0, 0.1) is 0 Å². The Morgan fingerprint density at radius 1 is 1.00 bits per heavy atom. The van der Waals surface area contributed by atoms with E-state index >= 15 is 0 Å². The summed E-state index contributed by atoms with van der Waals surface area (Å²) >= 11 is 3.34. The molecule has 0 fully saturated rings. The Bertz CT molecular complexity index is 558. The van der Waals surface area contributed by atoms with Gasteiger partial charge in [-0.15, -0.1) is 0 Å². The molecule has 2 aromatic rings. The van der Waals surface area contributed by atoms with E-state index in [9.17, 15) is 4.79 Å². The van der Waals surface area contributed by atoms with Gasteiger partial charge < -0.3 is 0 Å². The van der Waals surface area contributed by atoms with E-state index in [0.29, 0.717) is 0 Å². The number of rotatable bonds is 4. The molecule has 0 N–H and O–H groups in total. The molecule has 2 rings (SSSR count). The van der Waals surface area contributed by atoms with Crippen molar-refractivity contribution < 1.29 is 4.79 Å². The Kier molecular flexibility index (Phi) is 4.48. The molecular formula is C16H13BrO. The average molecular weight is 301 g/mol. The normalized spacial score (nSPS) is 10.7. The maximum atomic E-state index is 12.4. The number of benzene rings is 2. The van der Waals surface area contributed by atoms with Crippen LogP contribution in [0.25, 0.3) is 6.08 Å². The minimum absolute atomic E-state index is 0.0606. The number of allylic oxidation sites excluding steroid dienone is 1. The van der Waals surface area contributed by atoms with Crippen LogP contribution in [-0.2, 0) is 0 Å². The van der Waals surface area contributed by atoms with E-state index in [1.54, 1.807) is 0 Å². The molecule has 0 radical (unpaired) electrons. The Hall–Kier alpha value is -1.67. The maximum Gasteiger partial charge on any atom is 0.193 e. The van der Waals surface area contributed by atoms with Gasteiger partial charge in [0.2, 0.25) is 0 Å². The first-order chi connectivity index (χ1) is 8.83. The second-order valence-electron chi connectivity index (χ2n) is 3.84. The molecule has 0 bridgehead atoms. The monoisotopic (exact) mass is 300 g/mol. The lowest BCUT2D eigenvalue weighted by Gasteiger charge is -2.05. The van der Waals surface area contributed by atoms with Gasteiger partial charge in [0.1, 0.15) is 0 Å². The molecule has 0 heterocycles. The van der Waals surface area contributed by atoms with E-state index in [-0.39, 0.29) is 5.78 Å². The second-order valence-corrected chi connectivity index (χ2v) is 4.49. The smallest absolute Gasteiger partial charge is 0.193 e. The van der Waals surface area contributed by atoms with E-state index in [0.717, 1.165) is 22.0 Å². The molecule has 0 aliphatic heterocycles. The molecule has 2 heteroatoms. The summed E-state index contributed by atoms with van der Waals surface area (Å²) in [5.74, 6) is 0.0606. The zero-order chi connectivity index (χ0) is 12.8. The number of halogens is 1.